The van der Waals surface area contributed by atoms with Crippen LogP contribution in [-0.4, -0.2) is 41.7 Å². The number of aliphatic imine (C=N–C) groups is 1. The molecule has 0 bridgehead atoms. The van der Waals surface area contributed by atoms with Gasteiger partial charge in [-0.2, -0.15) is 0 Å². The molecule has 0 aromatic heterocycles. The van der Waals surface area contributed by atoms with Crippen LogP contribution in [0, 0.1) is 0 Å². The smallest absolute Gasteiger partial charge is 0.252 e. The van der Waals surface area contributed by atoms with Gasteiger partial charge in [0.25, 0.3) is 5.91 Å². The molecule has 2 N–H and O–H groups in total. The Balaban J connectivity index is 1.43. The van der Waals surface area contributed by atoms with Crippen LogP contribution in [0.4, 0.5) is 0 Å². The van der Waals surface area contributed by atoms with Crippen LogP contribution >= 0.6 is 15.9 Å². The summed E-state index contributed by atoms with van der Waals surface area (Å²) in [6.07, 6.45) is 1.46. The first-order chi connectivity index (χ1) is 22.5. The second kappa shape index (κ2) is 14.2. The number of carbonyl (C=O) groups is 1. The van der Waals surface area contributed by atoms with Crippen molar-refractivity contribution in [1.82, 2.24) is 5.32 Å². The Labute approximate surface area is 276 Å². The number of hydrogen-bond donors (Lipinski definition) is 2. The first-order valence-corrected chi connectivity index (χ1v) is 16.1. The first-order valence-electron chi connectivity index (χ1n) is 15.3. The molecule has 234 valence electrons. The third kappa shape index (κ3) is 6.65. The van der Waals surface area contributed by atoms with Gasteiger partial charge in [0.1, 0.15) is 5.75 Å². The fraction of sp³-hybridized carbons (Fsp3) is 0.278. The van der Waals surface area contributed by atoms with E-state index in [0.717, 1.165) is 34.0 Å². The molecule has 1 amide bonds. The van der Waals surface area contributed by atoms with E-state index in [2.05, 4.69) is 43.4 Å². The molecule has 1 aliphatic carbocycles. The van der Waals surface area contributed by atoms with E-state index in [1.54, 1.807) is 0 Å². The quantitative estimate of drug-likeness (QED) is 0.0738. The largest absolute Gasteiger partial charge is 0.494 e. The summed E-state index contributed by atoms with van der Waals surface area (Å²) in [6, 6.07) is 31.0. The average molecular weight is 681 g/mol. The Bertz CT molecular complexity index is 1760. The van der Waals surface area contributed by atoms with Crippen molar-refractivity contribution >= 4 is 27.7 Å². The number of nitrogens with one attached hydrogen (secondary N) is 1. The standard InChI is InChI=1S/C36H34BrN5O4/c37-32-13-6-5-12-31(32)33-36(22-27-10-3-4-11-28(27)23-39-42-38,35(44)40-29-20-25-8-1-2-9-26(25)21-29)41-34(46-33)24-14-16-30(17-15-24)45-19-7-18-43/h1-6,8-17,29,33,43H,7,18-23H2,(H,40,44)/t33-,36-/m1/s1. The molecular formula is C36H34BrN5O4. The lowest BCUT2D eigenvalue weighted by atomic mass is 9.80. The van der Waals surface area contributed by atoms with Gasteiger partial charge in [0.05, 0.1) is 13.2 Å². The van der Waals surface area contributed by atoms with Gasteiger partial charge in [-0.05, 0) is 71.0 Å². The fourth-order valence-electron chi connectivity index (χ4n) is 6.20. The third-order valence-corrected chi connectivity index (χ3v) is 9.21. The average Bonchev–Trinajstić information content (AvgIpc) is 3.67. The minimum Gasteiger partial charge on any atom is -0.494 e. The number of halogens is 1. The zero-order valence-corrected chi connectivity index (χ0v) is 26.8. The highest BCUT2D eigenvalue weighted by atomic mass is 79.9. The van der Waals surface area contributed by atoms with E-state index in [1.165, 1.54) is 11.1 Å². The summed E-state index contributed by atoms with van der Waals surface area (Å²) in [5.41, 5.74) is 13.3. The van der Waals surface area contributed by atoms with Crippen LogP contribution in [0.3, 0.4) is 0 Å². The molecule has 0 fully saturated rings. The predicted octanol–water partition coefficient (Wildman–Crippen LogP) is 6.80. The molecule has 4 aromatic rings. The number of rotatable bonds is 12. The molecule has 6 rings (SSSR count). The maximum absolute atomic E-state index is 14.8. The number of aliphatic hydroxyl groups excluding tert-OH is 1. The molecule has 9 nitrogen and oxygen atoms in total. The number of amides is 1. The molecule has 0 spiro atoms. The maximum Gasteiger partial charge on any atom is 0.252 e. The molecule has 10 heteroatoms. The lowest BCUT2D eigenvalue weighted by Gasteiger charge is -2.33. The molecule has 0 saturated carbocycles. The highest BCUT2D eigenvalue weighted by Gasteiger charge is 2.54. The van der Waals surface area contributed by atoms with Crippen molar-refractivity contribution in [2.24, 2.45) is 10.1 Å². The second-order valence-electron chi connectivity index (χ2n) is 11.5. The zero-order chi connectivity index (χ0) is 31.9. The van der Waals surface area contributed by atoms with E-state index in [-0.39, 0.29) is 31.5 Å². The van der Waals surface area contributed by atoms with E-state index in [9.17, 15) is 4.79 Å². The summed E-state index contributed by atoms with van der Waals surface area (Å²) in [7, 11) is 0. The van der Waals surface area contributed by atoms with Gasteiger partial charge in [-0.15, -0.1) is 0 Å². The van der Waals surface area contributed by atoms with Crippen LogP contribution in [0.15, 0.2) is 112 Å². The minimum atomic E-state index is -1.39. The Morgan fingerprint density at radius 2 is 1.67 bits per heavy atom. The van der Waals surface area contributed by atoms with Crippen molar-refractivity contribution in [2.75, 3.05) is 13.2 Å². The van der Waals surface area contributed by atoms with Crippen molar-refractivity contribution in [2.45, 2.75) is 49.9 Å². The van der Waals surface area contributed by atoms with Gasteiger partial charge in [0.15, 0.2) is 11.6 Å². The number of azide groups is 1. The number of benzene rings is 4. The number of aliphatic hydroxyl groups is 1. The fourth-order valence-corrected chi connectivity index (χ4v) is 6.69. The maximum atomic E-state index is 14.8. The summed E-state index contributed by atoms with van der Waals surface area (Å²) in [4.78, 5) is 23.0. The van der Waals surface area contributed by atoms with E-state index in [4.69, 9.17) is 25.1 Å². The SMILES string of the molecule is [N-]=[N+]=NCc1ccccc1C[C@@]1(C(=O)NC2Cc3ccccc3C2)N=C(c2ccc(OCCCO)cc2)O[C@@H]1c1ccccc1Br. The van der Waals surface area contributed by atoms with Gasteiger partial charge >= 0.3 is 0 Å². The first kappa shape index (κ1) is 31.4. The molecule has 0 unspecified atom stereocenters. The summed E-state index contributed by atoms with van der Waals surface area (Å²) in [5.74, 6) is 0.776. The van der Waals surface area contributed by atoms with Crippen molar-refractivity contribution in [1.29, 1.82) is 0 Å². The van der Waals surface area contributed by atoms with Crippen LogP contribution in [0.1, 0.15) is 45.9 Å². The van der Waals surface area contributed by atoms with Gasteiger partial charge < -0.3 is 19.9 Å². The molecule has 1 heterocycles. The van der Waals surface area contributed by atoms with Crippen LogP contribution in [0.2, 0.25) is 0 Å². The van der Waals surface area contributed by atoms with Gasteiger partial charge in [0.2, 0.25) is 5.90 Å². The van der Waals surface area contributed by atoms with Crippen LogP contribution < -0.4 is 10.1 Å². The van der Waals surface area contributed by atoms with Gasteiger partial charge in [-0.25, -0.2) is 4.99 Å². The zero-order valence-electron chi connectivity index (χ0n) is 25.2. The lowest BCUT2D eigenvalue weighted by Crippen LogP contribution is -2.53. The van der Waals surface area contributed by atoms with E-state index in [0.29, 0.717) is 30.2 Å². The number of ether oxygens (including phenoxy) is 2. The molecule has 4 aromatic carbocycles. The topological polar surface area (TPSA) is 129 Å². The predicted molar refractivity (Wildman–Crippen MR) is 180 cm³/mol. The number of hydrogen-bond acceptors (Lipinski definition) is 6. The minimum absolute atomic E-state index is 0.0578. The number of fused-ring (bicyclic) bond motifs is 1. The normalized spacial score (nSPS) is 18.7. The Morgan fingerprint density at radius 3 is 2.37 bits per heavy atom. The molecule has 2 atom stereocenters. The molecule has 2 aliphatic rings. The van der Waals surface area contributed by atoms with Gasteiger partial charge in [-0.3, -0.25) is 4.79 Å². The monoisotopic (exact) mass is 679 g/mol. The summed E-state index contributed by atoms with van der Waals surface area (Å²) in [6.45, 7) is 0.612. The molecule has 0 radical (unpaired) electrons. The van der Waals surface area contributed by atoms with Crippen molar-refractivity contribution in [3.63, 3.8) is 0 Å². The van der Waals surface area contributed by atoms with Crippen LogP contribution in [0.25, 0.3) is 10.4 Å². The van der Waals surface area contributed by atoms with E-state index >= 15 is 0 Å². The van der Waals surface area contributed by atoms with Gasteiger partial charge in [-0.1, -0.05) is 87.8 Å². The molecular weight excluding hydrogens is 646 g/mol. The molecule has 0 saturated heterocycles. The van der Waals surface area contributed by atoms with Crippen molar-refractivity contribution in [3.05, 3.63) is 145 Å². The van der Waals surface area contributed by atoms with E-state index in [1.807, 2.05) is 84.9 Å². The summed E-state index contributed by atoms with van der Waals surface area (Å²) >= 11 is 3.71. The molecule has 46 heavy (non-hydrogen) atoms. The summed E-state index contributed by atoms with van der Waals surface area (Å²) in [5, 5.41) is 16.3. The second-order valence-corrected chi connectivity index (χ2v) is 12.3. The number of carbonyl (C=O) groups excluding carboxylic acids is 1. The van der Waals surface area contributed by atoms with Crippen LogP contribution in [-0.2, 0) is 35.3 Å². The Morgan fingerprint density at radius 1 is 1.00 bits per heavy atom. The van der Waals surface area contributed by atoms with E-state index < -0.39 is 11.6 Å². The molecule has 1 aliphatic heterocycles. The summed E-state index contributed by atoms with van der Waals surface area (Å²) < 4.78 is 13.2. The van der Waals surface area contributed by atoms with Crippen molar-refractivity contribution in [3.8, 4) is 5.75 Å². The Hall–Kier alpha value is -4.63. The highest BCUT2D eigenvalue weighted by molar-refractivity contribution is 9.10. The van der Waals surface area contributed by atoms with Crippen LogP contribution in [0.5, 0.6) is 5.75 Å². The number of nitrogens with zero attached hydrogens (tertiary/aromatic N) is 4. The highest BCUT2D eigenvalue weighted by Crippen LogP contribution is 2.45. The lowest BCUT2D eigenvalue weighted by molar-refractivity contribution is -0.129. The van der Waals surface area contributed by atoms with Crippen molar-refractivity contribution < 1.29 is 19.4 Å². The Kier molecular flexibility index (Phi) is 9.68. The van der Waals surface area contributed by atoms with Gasteiger partial charge in [0, 0.05) is 46.0 Å². The third-order valence-electron chi connectivity index (χ3n) is 8.49.